The van der Waals surface area contributed by atoms with Crippen LogP contribution in [-0.4, -0.2) is 54.9 Å². The number of hydrogen-bond acceptors (Lipinski definition) is 7. The monoisotopic (exact) mass is 471 g/mol. The molecule has 2 N–H and O–H groups in total. The second-order valence-electron chi connectivity index (χ2n) is 7.28. The summed E-state index contributed by atoms with van der Waals surface area (Å²) >= 11 is 5.83. The molecule has 1 fully saturated rings. The van der Waals surface area contributed by atoms with Crippen molar-refractivity contribution in [2.24, 2.45) is 10.9 Å². The van der Waals surface area contributed by atoms with Gasteiger partial charge in [0, 0.05) is 35.3 Å². The zero-order valence-corrected chi connectivity index (χ0v) is 18.2. The van der Waals surface area contributed by atoms with Crippen molar-refractivity contribution in [3.8, 4) is 11.3 Å². The number of Topliss-reactive ketones (excluding diaryl/α,β-unsaturated/α-hetero) is 1. The number of ketones is 1. The molecule has 0 bridgehead atoms. The number of nitrogens with two attached hydrogens (primary N) is 1. The number of carbonyl (C=O) groups is 1. The summed E-state index contributed by atoms with van der Waals surface area (Å²) in [5.41, 5.74) is 1.93. The third-order valence-corrected chi connectivity index (χ3v) is 5.64. The van der Waals surface area contributed by atoms with Crippen molar-refractivity contribution >= 4 is 40.2 Å². The largest absolute Gasteiger partial charge is 0.378 e. The third kappa shape index (κ3) is 4.69. The average Bonchev–Trinajstić information content (AvgIpc) is 2.86. The van der Waals surface area contributed by atoms with Gasteiger partial charge >= 0.3 is 0 Å². The van der Waals surface area contributed by atoms with E-state index in [-0.39, 0.29) is 21.7 Å². The number of benzene rings is 2. The molecule has 1 aliphatic rings. The number of ether oxygens (including phenoxy) is 1. The fourth-order valence-electron chi connectivity index (χ4n) is 3.68. The first-order valence-corrected chi connectivity index (χ1v) is 10.5. The molecule has 1 aliphatic heterocycles. The Morgan fingerprint density at radius 1 is 1.21 bits per heavy atom. The SMILES string of the molecule is N/N=C\C(C(=O)c1ccc(F)c(-c2ncnc3cc(N4CCOCC4)ccc23)c1)=C(\Cl)CF. The second-order valence-corrected chi connectivity index (χ2v) is 7.73. The number of aromatic nitrogens is 2. The number of fused-ring (bicyclic) bond motifs is 1. The molecule has 3 aromatic rings. The molecule has 10 heteroatoms. The highest BCUT2D eigenvalue weighted by Crippen LogP contribution is 2.31. The van der Waals surface area contributed by atoms with Gasteiger partial charge in [-0.15, -0.1) is 0 Å². The van der Waals surface area contributed by atoms with Crippen LogP contribution in [0.2, 0.25) is 0 Å². The Hall–Kier alpha value is -3.43. The molecule has 4 rings (SSSR count). The minimum Gasteiger partial charge on any atom is -0.378 e. The van der Waals surface area contributed by atoms with E-state index in [1.54, 1.807) is 0 Å². The minimum absolute atomic E-state index is 0.0876. The van der Waals surface area contributed by atoms with Gasteiger partial charge in [-0.05, 0) is 36.4 Å². The Balaban J connectivity index is 1.77. The maximum Gasteiger partial charge on any atom is 0.195 e. The van der Waals surface area contributed by atoms with Crippen LogP contribution in [0.25, 0.3) is 22.2 Å². The molecule has 0 unspecified atom stereocenters. The molecular weight excluding hydrogens is 452 g/mol. The van der Waals surface area contributed by atoms with E-state index < -0.39 is 18.3 Å². The summed E-state index contributed by atoms with van der Waals surface area (Å²) < 4.78 is 33.3. The lowest BCUT2D eigenvalue weighted by molar-refractivity contribution is 0.104. The molecule has 0 spiro atoms. The first kappa shape index (κ1) is 22.8. The van der Waals surface area contributed by atoms with E-state index in [1.807, 2.05) is 18.2 Å². The fraction of sp³-hybridized carbons (Fsp3) is 0.217. The second kappa shape index (κ2) is 10.0. The van der Waals surface area contributed by atoms with Gasteiger partial charge in [0.2, 0.25) is 0 Å². The summed E-state index contributed by atoms with van der Waals surface area (Å²) in [6.07, 6.45) is 2.32. The van der Waals surface area contributed by atoms with Crippen molar-refractivity contribution in [3.05, 3.63) is 64.7 Å². The van der Waals surface area contributed by atoms with Crippen molar-refractivity contribution in [2.45, 2.75) is 0 Å². The molecular formula is C23H20ClF2N5O2. The van der Waals surface area contributed by atoms with E-state index in [4.69, 9.17) is 22.2 Å². The van der Waals surface area contributed by atoms with E-state index >= 15 is 0 Å². The van der Waals surface area contributed by atoms with Crippen LogP contribution in [0.15, 0.2) is 58.4 Å². The van der Waals surface area contributed by atoms with Crippen molar-refractivity contribution in [3.63, 3.8) is 0 Å². The molecule has 33 heavy (non-hydrogen) atoms. The number of carbonyl (C=O) groups excluding carboxylic acids is 1. The van der Waals surface area contributed by atoms with Gasteiger partial charge in [0.15, 0.2) is 5.78 Å². The lowest BCUT2D eigenvalue weighted by Crippen LogP contribution is -2.36. The van der Waals surface area contributed by atoms with Gasteiger partial charge in [-0.3, -0.25) is 4.79 Å². The highest BCUT2D eigenvalue weighted by atomic mass is 35.5. The van der Waals surface area contributed by atoms with Gasteiger partial charge < -0.3 is 15.5 Å². The summed E-state index contributed by atoms with van der Waals surface area (Å²) in [7, 11) is 0. The average molecular weight is 472 g/mol. The van der Waals surface area contributed by atoms with Gasteiger partial charge in [-0.25, -0.2) is 18.7 Å². The number of morpholine rings is 1. The van der Waals surface area contributed by atoms with Crippen LogP contribution in [0.1, 0.15) is 10.4 Å². The number of allylic oxidation sites excluding steroid dienone is 2. The molecule has 170 valence electrons. The van der Waals surface area contributed by atoms with Crippen LogP contribution < -0.4 is 10.7 Å². The number of anilines is 1. The molecule has 0 atom stereocenters. The summed E-state index contributed by atoms with van der Waals surface area (Å²) in [5, 5.41) is 3.56. The Labute approximate surface area is 193 Å². The van der Waals surface area contributed by atoms with E-state index in [0.29, 0.717) is 29.8 Å². The Kier molecular flexibility index (Phi) is 6.90. The van der Waals surface area contributed by atoms with Crippen molar-refractivity contribution in [2.75, 3.05) is 37.9 Å². The summed E-state index contributed by atoms with van der Waals surface area (Å²) in [6.45, 7) is 1.77. The third-order valence-electron chi connectivity index (χ3n) is 5.34. The summed E-state index contributed by atoms with van der Waals surface area (Å²) in [4.78, 5) is 23.7. The lowest BCUT2D eigenvalue weighted by Gasteiger charge is -2.29. The Morgan fingerprint density at radius 2 is 2.00 bits per heavy atom. The predicted octanol–water partition coefficient (Wildman–Crippen LogP) is 3.86. The van der Waals surface area contributed by atoms with E-state index in [9.17, 15) is 13.6 Å². The van der Waals surface area contributed by atoms with E-state index in [0.717, 1.165) is 31.1 Å². The maximum atomic E-state index is 14.9. The Morgan fingerprint density at radius 3 is 2.73 bits per heavy atom. The topological polar surface area (TPSA) is 93.7 Å². The maximum absolute atomic E-state index is 14.9. The van der Waals surface area contributed by atoms with Crippen LogP contribution in [0.3, 0.4) is 0 Å². The van der Waals surface area contributed by atoms with E-state index in [1.165, 1.54) is 18.5 Å². The zero-order valence-electron chi connectivity index (χ0n) is 17.5. The van der Waals surface area contributed by atoms with Crippen LogP contribution >= 0.6 is 11.6 Å². The van der Waals surface area contributed by atoms with Gasteiger partial charge in [0.05, 0.1) is 41.2 Å². The Bertz CT molecular complexity index is 1260. The molecule has 7 nitrogen and oxygen atoms in total. The van der Waals surface area contributed by atoms with Crippen molar-refractivity contribution in [1.82, 2.24) is 9.97 Å². The lowest BCUT2D eigenvalue weighted by atomic mass is 9.98. The molecule has 0 saturated carbocycles. The number of alkyl halides is 1. The van der Waals surface area contributed by atoms with Gasteiger partial charge in [-0.1, -0.05) is 11.6 Å². The summed E-state index contributed by atoms with van der Waals surface area (Å²) in [6, 6.07) is 9.45. The van der Waals surface area contributed by atoms with E-state index in [2.05, 4.69) is 20.0 Å². The normalized spacial score (nSPS) is 15.2. The molecule has 2 heterocycles. The van der Waals surface area contributed by atoms with Gasteiger partial charge in [0.25, 0.3) is 0 Å². The van der Waals surface area contributed by atoms with Crippen molar-refractivity contribution in [1.29, 1.82) is 0 Å². The predicted molar refractivity (Wildman–Crippen MR) is 124 cm³/mol. The molecule has 1 aromatic heterocycles. The van der Waals surface area contributed by atoms with Crippen LogP contribution in [0, 0.1) is 5.82 Å². The number of rotatable bonds is 6. The highest BCUT2D eigenvalue weighted by molar-refractivity contribution is 6.37. The quantitative estimate of drug-likeness (QED) is 0.193. The fourth-order valence-corrected chi connectivity index (χ4v) is 3.81. The molecule has 0 amide bonds. The highest BCUT2D eigenvalue weighted by Gasteiger charge is 2.20. The first-order valence-electron chi connectivity index (χ1n) is 10.1. The standard InChI is InChI=1S/C23H20ClF2N5O2/c24-19(11-25)18(12-30-27)23(32)14-1-4-20(26)17(9-14)22-16-3-2-15(10-21(16)28-13-29-22)31-5-7-33-8-6-31/h1-4,9-10,12-13H,5-8,11,27H2/b19-18-,30-12-. The minimum atomic E-state index is -1.06. The molecule has 0 aliphatic carbocycles. The van der Waals surface area contributed by atoms with Gasteiger partial charge in [-0.2, -0.15) is 5.10 Å². The molecule has 0 radical (unpaired) electrons. The number of halogens is 3. The van der Waals surface area contributed by atoms with Crippen molar-refractivity contribution < 1.29 is 18.3 Å². The molecule has 2 aromatic carbocycles. The van der Waals surface area contributed by atoms with Crippen LogP contribution in [-0.2, 0) is 4.74 Å². The number of nitrogens with zero attached hydrogens (tertiary/aromatic N) is 4. The first-order chi connectivity index (χ1) is 16.0. The van der Waals surface area contributed by atoms with Crippen LogP contribution in [0.5, 0.6) is 0 Å². The number of hydrogen-bond donors (Lipinski definition) is 1. The van der Waals surface area contributed by atoms with Gasteiger partial charge in [0.1, 0.15) is 18.8 Å². The van der Waals surface area contributed by atoms with Crippen LogP contribution in [0.4, 0.5) is 14.5 Å². The number of hydrazone groups is 1. The smallest absolute Gasteiger partial charge is 0.195 e. The zero-order chi connectivity index (χ0) is 23.4. The molecule has 1 saturated heterocycles. The summed E-state index contributed by atoms with van der Waals surface area (Å²) in [5.74, 6) is 3.92.